The molecular formula is C15H26. The maximum Gasteiger partial charge on any atom is -0.0264 e. The van der Waals surface area contributed by atoms with E-state index in [1.54, 1.807) is 38.5 Å². The molecule has 0 N–H and O–H groups in total. The van der Waals surface area contributed by atoms with Crippen molar-refractivity contribution in [2.45, 2.75) is 65.2 Å². The second-order valence-corrected chi connectivity index (χ2v) is 6.86. The Bertz CT molecular complexity index is 228. The van der Waals surface area contributed by atoms with Gasteiger partial charge in [0.1, 0.15) is 0 Å². The average molecular weight is 206 g/mol. The largest absolute Gasteiger partial charge is 0.0654 e. The number of rotatable bonds is 3. The summed E-state index contributed by atoms with van der Waals surface area (Å²) in [6.45, 7) is 4.93. The summed E-state index contributed by atoms with van der Waals surface area (Å²) in [4.78, 5) is 0. The van der Waals surface area contributed by atoms with Crippen molar-refractivity contribution in [3.05, 3.63) is 0 Å². The van der Waals surface area contributed by atoms with Crippen LogP contribution in [0.1, 0.15) is 65.2 Å². The smallest absolute Gasteiger partial charge is 0.0264 e. The van der Waals surface area contributed by atoms with Gasteiger partial charge in [-0.1, -0.05) is 26.7 Å². The third-order valence-corrected chi connectivity index (χ3v) is 6.03. The third kappa shape index (κ3) is 1.47. The molecule has 0 heteroatoms. The van der Waals surface area contributed by atoms with Crippen molar-refractivity contribution in [3.63, 3.8) is 0 Å². The Morgan fingerprint density at radius 1 is 1.07 bits per heavy atom. The third-order valence-electron chi connectivity index (χ3n) is 6.03. The van der Waals surface area contributed by atoms with Crippen LogP contribution in [0.3, 0.4) is 0 Å². The summed E-state index contributed by atoms with van der Waals surface area (Å²) in [5, 5.41) is 0. The van der Waals surface area contributed by atoms with Gasteiger partial charge in [-0.3, -0.25) is 0 Å². The van der Waals surface area contributed by atoms with Crippen molar-refractivity contribution in [1.29, 1.82) is 0 Å². The molecule has 0 radical (unpaired) electrons. The van der Waals surface area contributed by atoms with Gasteiger partial charge in [-0.15, -0.1) is 0 Å². The van der Waals surface area contributed by atoms with E-state index in [4.69, 9.17) is 0 Å². The molecule has 3 unspecified atom stereocenters. The zero-order valence-corrected chi connectivity index (χ0v) is 10.5. The minimum absolute atomic E-state index is 0.810. The van der Waals surface area contributed by atoms with Gasteiger partial charge in [-0.05, 0) is 67.6 Å². The fourth-order valence-corrected chi connectivity index (χ4v) is 5.42. The van der Waals surface area contributed by atoms with Gasteiger partial charge >= 0.3 is 0 Å². The lowest BCUT2D eigenvalue weighted by Crippen LogP contribution is -2.51. The van der Waals surface area contributed by atoms with Crippen molar-refractivity contribution in [2.75, 3.05) is 0 Å². The Hall–Kier alpha value is 0. The van der Waals surface area contributed by atoms with Crippen molar-refractivity contribution in [2.24, 2.45) is 29.1 Å². The minimum Gasteiger partial charge on any atom is -0.0654 e. The Morgan fingerprint density at radius 3 is 2.33 bits per heavy atom. The predicted molar refractivity (Wildman–Crippen MR) is 64.7 cm³/mol. The Kier molecular flexibility index (Phi) is 2.37. The quantitative estimate of drug-likeness (QED) is 0.631. The molecular weight excluding hydrogens is 180 g/mol. The lowest BCUT2D eigenvalue weighted by molar-refractivity contribution is -0.107. The van der Waals surface area contributed by atoms with Gasteiger partial charge in [-0.25, -0.2) is 0 Å². The molecule has 0 saturated heterocycles. The molecule has 3 atom stereocenters. The topological polar surface area (TPSA) is 0 Å². The summed E-state index contributed by atoms with van der Waals surface area (Å²) in [5.74, 6) is 4.44. The van der Waals surface area contributed by atoms with Gasteiger partial charge in [0.2, 0.25) is 0 Å². The molecule has 86 valence electrons. The summed E-state index contributed by atoms with van der Waals surface area (Å²) in [6.07, 6.45) is 12.4. The van der Waals surface area contributed by atoms with Crippen LogP contribution >= 0.6 is 0 Å². The fraction of sp³-hybridized carbons (Fsp3) is 1.00. The van der Waals surface area contributed by atoms with Crippen LogP contribution in [-0.2, 0) is 0 Å². The lowest BCUT2D eigenvalue weighted by Gasteiger charge is -2.61. The van der Waals surface area contributed by atoms with Gasteiger partial charge in [-0.2, -0.15) is 0 Å². The van der Waals surface area contributed by atoms with E-state index in [1.165, 1.54) is 12.8 Å². The van der Waals surface area contributed by atoms with Crippen LogP contribution in [0.5, 0.6) is 0 Å². The molecule has 4 saturated carbocycles. The van der Waals surface area contributed by atoms with E-state index in [1.807, 2.05) is 0 Å². The van der Waals surface area contributed by atoms with E-state index < -0.39 is 0 Å². The summed E-state index contributed by atoms with van der Waals surface area (Å²) in [6, 6.07) is 0. The molecule has 0 aromatic heterocycles. The molecule has 0 aromatic carbocycles. The highest BCUT2D eigenvalue weighted by molar-refractivity contribution is 5.04. The molecule has 0 aliphatic heterocycles. The first-order valence-corrected chi connectivity index (χ1v) is 7.23. The van der Waals surface area contributed by atoms with Gasteiger partial charge in [0.05, 0.1) is 0 Å². The lowest BCUT2D eigenvalue weighted by atomic mass is 9.44. The molecule has 4 rings (SSSR count). The number of hydrogen-bond donors (Lipinski definition) is 0. The summed E-state index contributed by atoms with van der Waals surface area (Å²) < 4.78 is 0. The van der Waals surface area contributed by atoms with Crippen LogP contribution in [0.25, 0.3) is 0 Å². The summed E-state index contributed by atoms with van der Waals surface area (Å²) >= 11 is 0. The average Bonchev–Trinajstić information content (AvgIpc) is 2.22. The van der Waals surface area contributed by atoms with Gasteiger partial charge in [0.15, 0.2) is 0 Å². The van der Waals surface area contributed by atoms with Crippen LogP contribution in [0.4, 0.5) is 0 Å². The molecule has 4 aliphatic rings. The van der Waals surface area contributed by atoms with E-state index >= 15 is 0 Å². The van der Waals surface area contributed by atoms with Crippen LogP contribution in [0.2, 0.25) is 0 Å². The maximum atomic E-state index is 2.58. The zero-order chi connectivity index (χ0) is 10.5. The van der Waals surface area contributed by atoms with Crippen LogP contribution in [0, 0.1) is 29.1 Å². The first kappa shape index (κ1) is 10.2. The van der Waals surface area contributed by atoms with E-state index in [9.17, 15) is 0 Å². The standard InChI is InChI=1S/C15H26/c1-3-4-5-15-9-12-6-13(10-15)8-14(7-12)11(15)2/h11-14H,3-10H2,1-2H3. The predicted octanol–water partition coefficient (Wildman–Crippen LogP) is 4.64. The molecule has 4 bridgehead atoms. The fourth-order valence-electron chi connectivity index (χ4n) is 5.42. The highest BCUT2D eigenvalue weighted by Crippen LogP contribution is 2.64. The van der Waals surface area contributed by atoms with E-state index in [0.29, 0.717) is 0 Å². The molecule has 0 aromatic rings. The van der Waals surface area contributed by atoms with Gasteiger partial charge in [0, 0.05) is 0 Å². The summed E-state index contributed by atoms with van der Waals surface area (Å²) in [5.41, 5.74) is 0.810. The molecule has 4 aliphatic carbocycles. The van der Waals surface area contributed by atoms with Crippen LogP contribution < -0.4 is 0 Å². The molecule has 15 heavy (non-hydrogen) atoms. The highest BCUT2D eigenvalue weighted by Gasteiger charge is 2.54. The van der Waals surface area contributed by atoms with E-state index in [0.717, 1.165) is 29.1 Å². The molecule has 0 heterocycles. The van der Waals surface area contributed by atoms with Gasteiger partial charge < -0.3 is 0 Å². The SMILES string of the molecule is CCCCC12CC3CC(CC(C3)C1C)C2. The minimum atomic E-state index is 0.810. The second kappa shape index (κ2) is 3.50. The summed E-state index contributed by atoms with van der Waals surface area (Å²) in [7, 11) is 0. The van der Waals surface area contributed by atoms with Crippen molar-refractivity contribution in [1.82, 2.24) is 0 Å². The first-order valence-electron chi connectivity index (χ1n) is 7.23. The highest BCUT2D eigenvalue weighted by atomic mass is 14.6. The van der Waals surface area contributed by atoms with E-state index in [2.05, 4.69) is 13.8 Å². The van der Waals surface area contributed by atoms with Crippen molar-refractivity contribution in [3.8, 4) is 0 Å². The molecule has 0 amide bonds. The zero-order valence-electron chi connectivity index (χ0n) is 10.5. The van der Waals surface area contributed by atoms with Crippen LogP contribution in [-0.4, -0.2) is 0 Å². The normalized spacial score (nSPS) is 52.4. The van der Waals surface area contributed by atoms with Crippen molar-refractivity contribution >= 4 is 0 Å². The van der Waals surface area contributed by atoms with Crippen LogP contribution in [0.15, 0.2) is 0 Å². The second-order valence-electron chi connectivity index (χ2n) is 6.86. The Balaban J connectivity index is 1.81. The van der Waals surface area contributed by atoms with Gasteiger partial charge in [0.25, 0.3) is 0 Å². The molecule has 0 spiro atoms. The number of unbranched alkanes of at least 4 members (excludes halogenated alkanes) is 1. The number of hydrogen-bond acceptors (Lipinski definition) is 0. The monoisotopic (exact) mass is 206 g/mol. The van der Waals surface area contributed by atoms with E-state index in [-0.39, 0.29) is 0 Å². The molecule has 4 fully saturated rings. The van der Waals surface area contributed by atoms with Crippen molar-refractivity contribution < 1.29 is 0 Å². The Morgan fingerprint density at radius 2 is 1.73 bits per heavy atom. The Labute approximate surface area is 94.8 Å². The first-order chi connectivity index (χ1) is 7.23. The maximum absolute atomic E-state index is 2.58. The molecule has 0 nitrogen and oxygen atoms in total.